The van der Waals surface area contributed by atoms with E-state index in [9.17, 15) is 19.5 Å². The van der Waals surface area contributed by atoms with Crippen LogP contribution in [0.1, 0.15) is 13.8 Å². The summed E-state index contributed by atoms with van der Waals surface area (Å²) in [5.74, 6) is -1.82. The van der Waals surface area contributed by atoms with Crippen LogP contribution in [-0.4, -0.2) is 69.3 Å². The van der Waals surface area contributed by atoms with Crippen molar-refractivity contribution in [3.8, 4) is 5.75 Å². The SMILES string of the molecule is CC(=O)Nc1ccc(O)cc1SC[C@H](NC(C)=O)C(=O)O.[Na]. The first kappa shape index (κ1) is 20.8. The number of carbonyl (C=O) groups excluding carboxylic acids is 2. The smallest absolute Gasteiger partial charge is 0.327 e. The van der Waals surface area contributed by atoms with Crippen LogP contribution >= 0.6 is 11.8 Å². The number of phenolic OH excluding ortho intramolecular Hbond substituents is 1. The van der Waals surface area contributed by atoms with E-state index < -0.39 is 17.9 Å². The van der Waals surface area contributed by atoms with E-state index in [0.29, 0.717) is 10.6 Å². The summed E-state index contributed by atoms with van der Waals surface area (Å²) in [7, 11) is 0. The van der Waals surface area contributed by atoms with Crippen molar-refractivity contribution < 1.29 is 24.6 Å². The first-order valence-corrected chi connectivity index (χ1v) is 7.01. The molecule has 0 heterocycles. The molecule has 0 aliphatic rings. The van der Waals surface area contributed by atoms with Gasteiger partial charge in [-0.3, -0.25) is 9.59 Å². The number of hydrogen-bond acceptors (Lipinski definition) is 5. The number of aliphatic carboxylic acids is 1. The van der Waals surface area contributed by atoms with E-state index in [0.717, 1.165) is 11.8 Å². The summed E-state index contributed by atoms with van der Waals surface area (Å²) in [5, 5.41) is 23.4. The standard InChI is InChI=1S/C13H16N2O5S.Na/c1-7(16)14-10-4-3-9(18)5-12(10)21-6-11(13(19)20)15-8(2)17;/h3-5,11,18H,6H2,1-2H3,(H,14,16)(H,15,17)(H,19,20);/t11-;/m0./s1. The second-order valence-electron chi connectivity index (χ2n) is 4.26. The summed E-state index contributed by atoms with van der Waals surface area (Å²) in [6.07, 6.45) is 0. The average molecular weight is 335 g/mol. The van der Waals surface area contributed by atoms with E-state index in [4.69, 9.17) is 5.11 Å². The number of hydrogen-bond donors (Lipinski definition) is 4. The third-order valence-corrected chi connectivity index (χ3v) is 3.51. The molecule has 0 bridgehead atoms. The van der Waals surface area contributed by atoms with Gasteiger partial charge in [0.2, 0.25) is 11.8 Å². The summed E-state index contributed by atoms with van der Waals surface area (Å²) in [6, 6.07) is 3.30. The molecule has 9 heteroatoms. The number of carbonyl (C=O) groups is 3. The largest absolute Gasteiger partial charge is 0.508 e. The van der Waals surface area contributed by atoms with Gasteiger partial charge in [-0.15, -0.1) is 11.8 Å². The van der Waals surface area contributed by atoms with Crippen LogP contribution in [0.2, 0.25) is 0 Å². The van der Waals surface area contributed by atoms with Crippen LogP contribution in [0, 0.1) is 0 Å². The maximum Gasteiger partial charge on any atom is 0.327 e. The Hall–Kier alpha value is -1.22. The normalized spacial score (nSPS) is 11.0. The summed E-state index contributed by atoms with van der Waals surface area (Å²) < 4.78 is 0. The molecule has 1 radical (unpaired) electrons. The van der Waals surface area contributed by atoms with Crippen molar-refractivity contribution in [1.29, 1.82) is 0 Å². The molecule has 0 aromatic heterocycles. The average Bonchev–Trinajstić information content (AvgIpc) is 2.36. The van der Waals surface area contributed by atoms with Crippen molar-refractivity contribution >= 4 is 64.8 Å². The Kier molecular flexibility index (Phi) is 9.19. The number of thioether (sulfide) groups is 1. The van der Waals surface area contributed by atoms with Crippen LogP contribution in [-0.2, 0) is 14.4 Å². The van der Waals surface area contributed by atoms with Gasteiger partial charge in [-0.25, -0.2) is 4.79 Å². The molecule has 1 aromatic carbocycles. The third kappa shape index (κ3) is 7.17. The fourth-order valence-electron chi connectivity index (χ4n) is 1.52. The zero-order valence-electron chi connectivity index (χ0n) is 12.5. The summed E-state index contributed by atoms with van der Waals surface area (Å²) in [5.41, 5.74) is 0.470. The Morgan fingerprint density at radius 3 is 2.36 bits per heavy atom. The number of benzene rings is 1. The number of rotatable bonds is 6. The van der Waals surface area contributed by atoms with E-state index in [1.54, 1.807) is 0 Å². The molecule has 1 aromatic rings. The number of nitrogens with one attached hydrogen (secondary N) is 2. The predicted octanol–water partition coefficient (Wildman–Crippen LogP) is 0.651. The van der Waals surface area contributed by atoms with Crippen molar-refractivity contribution in [2.45, 2.75) is 24.8 Å². The minimum atomic E-state index is -1.15. The zero-order chi connectivity index (χ0) is 16.0. The topological polar surface area (TPSA) is 116 Å². The molecule has 2 amide bonds. The Labute approximate surface area is 154 Å². The molecule has 0 fully saturated rings. The quantitative estimate of drug-likeness (QED) is 0.345. The molecule has 0 saturated heterocycles. The summed E-state index contributed by atoms with van der Waals surface area (Å²) in [4.78, 5) is 33.6. The molecular formula is C13H16N2NaO5S. The minimum absolute atomic E-state index is 0. The monoisotopic (exact) mass is 335 g/mol. The van der Waals surface area contributed by atoms with E-state index in [-0.39, 0.29) is 47.0 Å². The number of carboxylic acid groups (broad SMARTS) is 1. The maximum atomic E-state index is 11.1. The third-order valence-electron chi connectivity index (χ3n) is 2.36. The number of anilines is 1. The number of carboxylic acids is 1. The molecule has 115 valence electrons. The van der Waals surface area contributed by atoms with Gasteiger partial charge in [0.25, 0.3) is 0 Å². The Bertz CT molecular complexity index is 567. The van der Waals surface area contributed by atoms with Gasteiger partial charge in [-0.1, -0.05) is 0 Å². The Balaban J connectivity index is 0.00000441. The molecule has 7 nitrogen and oxygen atoms in total. The van der Waals surface area contributed by atoms with E-state index >= 15 is 0 Å². The van der Waals surface area contributed by atoms with Crippen LogP contribution in [0.3, 0.4) is 0 Å². The number of phenols is 1. The fourth-order valence-corrected chi connectivity index (χ4v) is 2.57. The van der Waals surface area contributed by atoms with E-state index in [1.165, 1.54) is 32.0 Å². The number of aromatic hydroxyl groups is 1. The molecule has 4 N–H and O–H groups in total. The first-order chi connectivity index (χ1) is 9.79. The van der Waals surface area contributed by atoms with Gasteiger partial charge in [0, 0.05) is 54.1 Å². The second kappa shape index (κ2) is 9.73. The van der Waals surface area contributed by atoms with Gasteiger partial charge in [0.05, 0.1) is 5.69 Å². The first-order valence-electron chi connectivity index (χ1n) is 6.03. The second-order valence-corrected chi connectivity index (χ2v) is 5.33. The summed E-state index contributed by atoms with van der Waals surface area (Å²) >= 11 is 1.11. The van der Waals surface area contributed by atoms with Crippen LogP contribution in [0.25, 0.3) is 0 Å². The van der Waals surface area contributed by atoms with Gasteiger partial charge >= 0.3 is 5.97 Å². The van der Waals surface area contributed by atoms with Crippen molar-refractivity contribution in [1.82, 2.24) is 5.32 Å². The van der Waals surface area contributed by atoms with Gasteiger partial charge < -0.3 is 20.8 Å². The van der Waals surface area contributed by atoms with Gasteiger partial charge in [0.1, 0.15) is 11.8 Å². The minimum Gasteiger partial charge on any atom is -0.508 e. The Morgan fingerprint density at radius 2 is 1.86 bits per heavy atom. The van der Waals surface area contributed by atoms with E-state index in [1.807, 2.05) is 0 Å². The molecule has 22 heavy (non-hydrogen) atoms. The fraction of sp³-hybridized carbons (Fsp3) is 0.308. The molecule has 0 unspecified atom stereocenters. The predicted molar refractivity (Wildman–Crippen MR) is 84.1 cm³/mol. The van der Waals surface area contributed by atoms with Crippen molar-refractivity contribution in [3.63, 3.8) is 0 Å². The van der Waals surface area contributed by atoms with Crippen LogP contribution in [0.5, 0.6) is 5.75 Å². The molecular weight excluding hydrogens is 319 g/mol. The number of amides is 2. The van der Waals surface area contributed by atoms with Gasteiger partial charge in [0.15, 0.2) is 0 Å². The molecule has 1 atom stereocenters. The van der Waals surface area contributed by atoms with Crippen LogP contribution in [0.15, 0.2) is 23.1 Å². The van der Waals surface area contributed by atoms with Crippen molar-refractivity contribution in [3.05, 3.63) is 18.2 Å². The molecule has 1 rings (SSSR count). The molecule has 0 aliphatic carbocycles. The van der Waals surface area contributed by atoms with Crippen molar-refractivity contribution in [2.75, 3.05) is 11.1 Å². The molecule has 0 spiro atoms. The summed E-state index contributed by atoms with van der Waals surface area (Å²) in [6.45, 7) is 2.58. The van der Waals surface area contributed by atoms with Crippen LogP contribution < -0.4 is 10.6 Å². The van der Waals surface area contributed by atoms with Crippen LogP contribution in [0.4, 0.5) is 5.69 Å². The van der Waals surface area contributed by atoms with Gasteiger partial charge in [-0.2, -0.15) is 0 Å². The zero-order valence-corrected chi connectivity index (χ0v) is 15.4. The maximum absolute atomic E-state index is 11.1. The van der Waals surface area contributed by atoms with Crippen molar-refractivity contribution in [2.24, 2.45) is 0 Å². The molecule has 0 saturated carbocycles. The molecule has 0 aliphatic heterocycles. The van der Waals surface area contributed by atoms with E-state index in [2.05, 4.69) is 10.6 Å². The van der Waals surface area contributed by atoms with Gasteiger partial charge in [-0.05, 0) is 18.2 Å². The Morgan fingerprint density at radius 1 is 1.23 bits per heavy atom.